The highest BCUT2D eigenvalue weighted by Gasteiger charge is 2.29. The van der Waals surface area contributed by atoms with Crippen LogP contribution in [0.2, 0.25) is 0 Å². The van der Waals surface area contributed by atoms with E-state index >= 15 is 0 Å². The quantitative estimate of drug-likeness (QED) is 0.893. The van der Waals surface area contributed by atoms with E-state index in [1.165, 1.54) is 11.1 Å². The third-order valence-corrected chi connectivity index (χ3v) is 5.66. The molecule has 4 rings (SSSR count). The highest BCUT2D eigenvalue weighted by atomic mass is 16.2. The molecule has 1 fully saturated rings. The Hall–Kier alpha value is -2.85. The minimum absolute atomic E-state index is 0.171. The van der Waals surface area contributed by atoms with Crippen molar-refractivity contribution in [3.05, 3.63) is 95.2 Å². The van der Waals surface area contributed by atoms with E-state index in [1.54, 1.807) is 0 Å². The van der Waals surface area contributed by atoms with Crippen molar-refractivity contribution < 1.29 is 4.79 Å². The van der Waals surface area contributed by atoms with Crippen LogP contribution in [-0.4, -0.2) is 48.4 Å². The molecule has 1 amide bonds. The Morgan fingerprint density at radius 2 is 1.46 bits per heavy atom. The van der Waals surface area contributed by atoms with E-state index in [2.05, 4.69) is 70.9 Å². The van der Waals surface area contributed by atoms with Crippen molar-refractivity contribution in [2.24, 2.45) is 0 Å². The summed E-state index contributed by atoms with van der Waals surface area (Å²) >= 11 is 0. The van der Waals surface area contributed by atoms with Gasteiger partial charge in [0.15, 0.2) is 0 Å². The molecule has 2 aliphatic heterocycles. The van der Waals surface area contributed by atoms with Crippen LogP contribution in [0.4, 0.5) is 0 Å². The van der Waals surface area contributed by atoms with Crippen molar-refractivity contribution in [1.29, 1.82) is 0 Å². The largest absolute Gasteiger partial charge is 0.387 e. The summed E-state index contributed by atoms with van der Waals surface area (Å²) in [7, 11) is 0. The molecule has 0 saturated carbocycles. The number of rotatable bonds is 4. The summed E-state index contributed by atoms with van der Waals surface area (Å²) < 4.78 is 0. The van der Waals surface area contributed by atoms with Gasteiger partial charge in [-0.2, -0.15) is 0 Å². The fraction of sp³-hybridized carbons (Fsp3) is 0.292. The third-order valence-electron chi connectivity index (χ3n) is 5.66. The monoisotopic (exact) mass is 373 g/mol. The van der Waals surface area contributed by atoms with Gasteiger partial charge in [0.25, 0.3) is 5.91 Å². The normalized spacial score (nSPS) is 17.7. The molecule has 1 N–H and O–H groups in total. The molecule has 2 aliphatic rings. The molecule has 0 spiro atoms. The first-order chi connectivity index (χ1) is 13.7. The van der Waals surface area contributed by atoms with Crippen molar-refractivity contribution in [3.63, 3.8) is 0 Å². The van der Waals surface area contributed by atoms with Gasteiger partial charge in [-0.15, -0.1) is 0 Å². The lowest BCUT2D eigenvalue weighted by molar-refractivity contribution is -0.129. The van der Waals surface area contributed by atoms with E-state index < -0.39 is 0 Å². The van der Waals surface area contributed by atoms with Crippen LogP contribution < -0.4 is 5.32 Å². The third kappa shape index (κ3) is 3.87. The van der Waals surface area contributed by atoms with Gasteiger partial charge in [-0.1, -0.05) is 60.7 Å². The number of benzene rings is 2. The molecule has 0 atom stereocenters. The summed E-state index contributed by atoms with van der Waals surface area (Å²) in [5.74, 6) is 0.171. The molecule has 2 aromatic carbocycles. The number of nitrogens with one attached hydrogen (secondary N) is 1. The van der Waals surface area contributed by atoms with Crippen molar-refractivity contribution in [2.75, 3.05) is 32.7 Å². The average molecular weight is 374 g/mol. The van der Waals surface area contributed by atoms with Crippen LogP contribution in [0.1, 0.15) is 24.1 Å². The number of allylic oxidation sites excluding steroid dienone is 2. The molecule has 0 aromatic heterocycles. The van der Waals surface area contributed by atoms with Gasteiger partial charge in [-0.05, 0) is 35.9 Å². The number of nitrogens with zero attached hydrogens (tertiary/aromatic N) is 2. The zero-order valence-corrected chi connectivity index (χ0v) is 16.3. The molecule has 28 heavy (non-hydrogen) atoms. The minimum Gasteiger partial charge on any atom is -0.387 e. The zero-order valence-electron chi connectivity index (χ0n) is 16.3. The standard InChI is InChI=1S/C24H27N3O/c1-19-12-13-25-18-22(19)24(28)27-16-14-26(15-17-27)23(20-8-4-2-5-9-20)21-10-6-3-7-11-21/h2-13,23,25H,14-18H2,1H3. The molecular formula is C24H27N3O. The van der Waals surface area contributed by atoms with Gasteiger partial charge in [0.2, 0.25) is 0 Å². The molecule has 0 bridgehead atoms. The lowest BCUT2D eigenvalue weighted by Gasteiger charge is -2.40. The van der Waals surface area contributed by atoms with Crippen LogP contribution in [0, 0.1) is 0 Å². The summed E-state index contributed by atoms with van der Waals surface area (Å²) in [6.45, 7) is 5.90. The smallest absolute Gasteiger partial charge is 0.251 e. The van der Waals surface area contributed by atoms with Gasteiger partial charge in [0, 0.05) is 38.3 Å². The molecule has 0 radical (unpaired) electrons. The highest BCUT2D eigenvalue weighted by Crippen LogP contribution is 2.29. The van der Waals surface area contributed by atoms with Crippen LogP contribution in [-0.2, 0) is 4.79 Å². The SMILES string of the molecule is CC1=C(C(=O)N2CCN(C(c3ccccc3)c3ccccc3)CC2)CNC=C1. The van der Waals surface area contributed by atoms with Crippen molar-refractivity contribution in [3.8, 4) is 0 Å². The predicted molar refractivity (Wildman–Crippen MR) is 113 cm³/mol. The van der Waals surface area contributed by atoms with E-state index in [-0.39, 0.29) is 11.9 Å². The van der Waals surface area contributed by atoms with Crippen LogP contribution in [0.25, 0.3) is 0 Å². The Balaban J connectivity index is 1.51. The van der Waals surface area contributed by atoms with Crippen molar-refractivity contribution >= 4 is 5.91 Å². The Morgan fingerprint density at radius 3 is 2.00 bits per heavy atom. The molecule has 4 heteroatoms. The Morgan fingerprint density at radius 1 is 0.893 bits per heavy atom. The minimum atomic E-state index is 0.171. The number of carbonyl (C=O) groups excluding carboxylic acids is 1. The number of carbonyl (C=O) groups is 1. The Labute approximate surface area is 167 Å². The summed E-state index contributed by atoms with van der Waals surface area (Å²) in [4.78, 5) is 17.5. The topological polar surface area (TPSA) is 35.6 Å². The maximum atomic E-state index is 13.0. The number of dihydropyridines is 1. The summed E-state index contributed by atoms with van der Waals surface area (Å²) in [6, 6.07) is 21.5. The van der Waals surface area contributed by atoms with Gasteiger partial charge >= 0.3 is 0 Å². The number of hydrogen-bond acceptors (Lipinski definition) is 3. The van der Waals surface area contributed by atoms with Gasteiger partial charge < -0.3 is 10.2 Å². The molecular weight excluding hydrogens is 346 g/mol. The van der Waals surface area contributed by atoms with Crippen molar-refractivity contribution in [1.82, 2.24) is 15.1 Å². The van der Waals surface area contributed by atoms with E-state index in [0.29, 0.717) is 6.54 Å². The van der Waals surface area contributed by atoms with E-state index in [4.69, 9.17) is 0 Å². The predicted octanol–water partition coefficient (Wildman–Crippen LogP) is 3.35. The van der Waals surface area contributed by atoms with Crippen LogP contribution >= 0.6 is 0 Å². The van der Waals surface area contributed by atoms with Crippen LogP contribution in [0.3, 0.4) is 0 Å². The molecule has 144 valence electrons. The first kappa shape index (κ1) is 18.5. The summed E-state index contributed by atoms with van der Waals surface area (Å²) in [6.07, 6.45) is 3.89. The lowest BCUT2D eigenvalue weighted by Crippen LogP contribution is -2.50. The average Bonchev–Trinajstić information content (AvgIpc) is 2.76. The molecule has 0 unspecified atom stereocenters. The van der Waals surface area contributed by atoms with E-state index in [9.17, 15) is 4.79 Å². The second kappa shape index (κ2) is 8.44. The highest BCUT2D eigenvalue weighted by molar-refractivity contribution is 5.95. The number of amides is 1. The second-order valence-electron chi connectivity index (χ2n) is 7.43. The Bertz CT molecular complexity index is 826. The molecule has 2 aromatic rings. The summed E-state index contributed by atoms with van der Waals surface area (Å²) in [5, 5.41) is 3.16. The Kier molecular flexibility index (Phi) is 5.58. The maximum absolute atomic E-state index is 13.0. The van der Waals surface area contributed by atoms with Crippen LogP contribution in [0.5, 0.6) is 0 Å². The van der Waals surface area contributed by atoms with E-state index in [1.807, 2.05) is 24.1 Å². The molecule has 4 nitrogen and oxygen atoms in total. The zero-order chi connectivity index (χ0) is 19.3. The van der Waals surface area contributed by atoms with Gasteiger partial charge in [0.05, 0.1) is 6.04 Å². The van der Waals surface area contributed by atoms with Gasteiger partial charge in [0.1, 0.15) is 0 Å². The molecule has 2 heterocycles. The van der Waals surface area contributed by atoms with Gasteiger partial charge in [-0.25, -0.2) is 0 Å². The fourth-order valence-electron chi connectivity index (χ4n) is 4.09. The maximum Gasteiger partial charge on any atom is 0.251 e. The fourth-order valence-corrected chi connectivity index (χ4v) is 4.09. The first-order valence-electron chi connectivity index (χ1n) is 9.97. The lowest BCUT2D eigenvalue weighted by atomic mass is 9.96. The van der Waals surface area contributed by atoms with Crippen molar-refractivity contribution in [2.45, 2.75) is 13.0 Å². The van der Waals surface area contributed by atoms with Gasteiger partial charge in [-0.3, -0.25) is 9.69 Å². The number of piperazine rings is 1. The number of hydrogen-bond donors (Lipinski definition) is 1. The second-order valence-corrected chi connectivity index (χ2v) is 7.43. The van der Waals surface area contributed by atoms with E-state index in [0.717, 1.165) is 37.3 Å². The molecule has 1 saturated heterocycles. The first-order valence-corrected chi connectivity index (χ1v) is 9.97. The molecule has 0 aliphatic carbocycles. The van der Waals surface area contributed by atoms with Crippen LogP contribution in [0.15, 0.2) is 84.1 Å². The summed E-state index contributed by atoms with van der Waals surface area (Å²) in [5.41, 5.74) is 4.55.